The summed E-state index contributed by atoms with van der Waals surface area (Å²) in [6, 6.07) is 0.432. The van der Waals surface area contributed by atoms with Crippen molar-refractivity contribution in [1.82, 2.24) is 5.32 Å². The van der Waals surface area contributed by atoms with Crippen molar-refractivity contribution < 1.29 is 8.42 Å². The van der Waals surface area contributed by atoms with Crippen LogP contribution in [-0.4, -0.2) is 32.5 Å². The van der Waals surface area contributed by atoms with Gasteiger partial charge < -0.3 is 5.32 Å². The minimum atomic E-state index is -2.81. The van der Waals surface area contributed by atoms with Crippen molar-refractivity contribution in [3.8, 4) is 0 Å². The molecule has 0 heterocycles. The molecule has 0 aliphatic carbocycles. The van der Waals surface area contributed by atoms with Crippen LogP contribution in [0.15, 0.2) is 0 Å². The first-order valence-electron chi connectivity index (χ1n) is 5.95. The highest BCUT2D eigenvalue weighted by Gasteiger charge is 2.09. The summed E-state index contributed by atoms with van der Waals surface area (Å²) in [6.07, 6.45) is 4.24. The standard InChI is InChI=1S/C11H25NO2S/c1-4-6-7-11(3)12-8-10-15(13,14)9-5-2/h11-12H,4-10H2,1-3H3. The van der Waals surface area contributed by atoms with Crippen LogP contribution in [-0.2, 0) is 9.84 Å². The highest BCUT2D eigenvalue weighted by atomic mass is 32.2. The largest absolute Gasteiger partial charge is 0.313 e. The molecule has 1 N–H and O–H groups in total. The zero-order valence-electron chi connectivity index (χ0n) is 10.3. The zero-order chi connectivity index (χ0) is 11.7. The fourth-order valence-electron chi connectivity index (χ4n) is 1.49. The maximum absolute atomic E-state index is 11.4. The van der Waals surface area contributed by atoms with Gasteiger partial charge in [-0.3, -0.25) is 0 Å². The molecule has 4 heteroatoms. The maximum Gasteiger partial charge on any atom is 0.151 e. The number of unbranched alkanes of at least 4 members (excludes halogenated alkanes) is 1. The average Bonchev–Trinajstić information content (AvgIpc) is 2.14. The average molecular weight is 235 g/mol. The van der Waals surface area contributed by atoms with Crippen LogP contribution >= 0.6 is 0 Å². The summed E-state index contributed by atoms with van der Waals surface area (Å²) >= 11 is 0. The Morgan fingerprint density at radius 3 is 2.33 bits per heavy atom. The van der Waals surface area contributed by atoms with Gasteiger partial charge in [0.2, 0.25) is 0 Å². The number of hydrogen-bond donors (Lipinski definition) is 1. The van der Waals surface area contributed by atoms with E-state index in [0.717, 1.165) is 6.42 Å². The van der Waals surface area contributed by atoms with E-state index in [1.807, 2.05) is 6.92 Å². The maximum atomic E-state index is 11.4. The van der Waals surface area contributed by atoms with E-state index in [1.54, 1.807) is 0 Å². The molecule has 3 nitrogen and oxygen atoms in total. The van der Waals surface area contributed by atoms with Crippen molar-refractivity contribution in [2.24, 2.45) is 0 Å². The van der Waals surface area contributed by atoms with E-state index in [0.29, 0.717) is 24.8 Å². The minimum Gasteiger partial charge on any atom is -0.313 e. The fraction of sp³-hybridized carbons (Fsp3) is 1.00. The molecule has 0 saturated carbocycles. The molecule has 0 aromatic rings. The van der Waals surface area contributed by atoms with Crippen LogP contribution in [0.5, 0.6) is 0 Å². The second kappa shape index (κ2) is 8.11. The lowest BCUT2D eigenvalue weighted by Gasteiger charge is -2.12. The lowest BCUT2D eigenvalue weighted by atomic mass is 10.1. The van der Waals surface area contributed by atoms with Crippen molar-refractivity contribution in [1.29, 1.82) is 0 Å². The first-order valence-corrected chi connectivity index (χ1v) is 7.77. The van der Waals surface area contributed by atoms with Crippen LogP contribution in [0.3, 0.4) is 0 Å². The lowest BCUT2D eigenvalue weighted by molar-refractivity contribution is 0.506. The molecule has 0 fully saturated rings. The Kier molecular flexibility index (Phi) is 8.06. The van der Waals surface area contributed by atoms with Gasteiger partial charge in [-0.2, -0.15) is 0 Å². The summed E-state index contributed by atoms with van der Waals surface area (Å²) in [5.41, 5.74) is 0. The van der Waals surface area contributed by atoms with Gasteiger partial charge >= 0.3 is 0 Å². The molecule has 0 saturated heterocycles. The summed E-state index contributed by atoms with van der Waals surface area (Å²) < 4.78 is 22.8. The normalized spacial score (nSPS) is 14.1. The van der Waals surface area contributed by atoms with E-state index in [-0.39, 0.29) is 5.75 Å². The highest BCUT2D eigenvalue weighted by Crippen LogP contribution is 1.99. The van der Waals surface area contributed by atoms with E-state index in [4.69, 9.17) is 0 Å². The predicted octanol–water partition coefficient (Wildman–Crippen LogP) is 1.98. The molecule has 0 aromatic carbocycles. The summed E-state index contributed by atoms with van der Waals surface area (Å²) in [5, 5.41) is 3.25. The molecular weight excluding hydrogens is 210 g/mol. The van der Waals surface area contributed by atoms with Crippen LogP contribution in [0.4, 0.5) is 0 Å². The van der Waals surface area contributed by atoms with Crippen LogP contribution in [0.2, 0.25) is 0 Å². The summed E-state index contributed by atoms with van der Waals surface area (Å²) in [5.74, 6) is 0.593. The third kappa shape index (κ3) is 8.88. The first-order chi connectivity index (χ1) is 7.02. The molecule has 1 unspecified atom stereocenters. The Hall–Kier alpha value is -0.0900. The molecule has 0 rings (SSSR count). The van der Waals surface area contributed by atoms with Crippen LogP contribution < -0.4 is 5.32 Å². The topological polar surface area (TPSA) is 46.2 Å². The molecule has 0 spiro atoms. The molecular formula is C11H25NO2S. The molecule has 0 radical (unpaired) electrons. The van der Waals surface area contributed by atoms with E-state index in [2.05, 4.69) is 19.2 Å². The van der Waals surface area contributed by atoms with Gasteiger partial charge in [-0.15, -0.1) is 0 Å². The SMILES string of the molecule is CCCCC(C)NCCS(=O)(=O)CCC. The van der Waals surface area contributed by atoms with Crippen LogP contribution in [0.1, 0.15) is 46.5 Å². The van der Waals surface area contributed by atoms with E-state index < -0.39 is 9.84 Å². The molecule has 1 atom stereocenters. The first kappa shape index (κ1) is 14.9. The van der Waals surface area contributed by atoms with Crippen LogP contribution in [0, 0.1) is 0 Å². The third-order valence-electron chi connectivity index (χ3n) is 2.41. The molecule has 15 heavy (non-hydrogen) atoms. The van der Waals surface area contributed by atoms with Gasteiger partial charge in [0.05, 0.1) is 5.75 Å². The monoisotopic (exact) mass is 235 g/mol. The minimum absolute atomic E-state index is 0.275. The Morgan fingerprint density at radius 2 is 1.80 bits per heavy atom. The van der Waals surface area contributed by atoms with Crippen molar-refractivity contribution >= 4 is 9.84 Å². The van der Waals surface area contributed by atoms with Crippen molar-refractivity contribution in [3.63, 3.8) is 0 Å². The second-order valence-corrected chi connectivity index (χ2v) is 6.45. The van der Waals surface area contributed by atoms with Crippen molar-refractivity contribution in [2.45, 2.75) is 52.5 Å². The second-order valence-electron chi connectivity index (χ2n) is 4.15. The van der Waals surface area contributed by atoms with E-state index >= 15 is 0 Å². The highest BCUT2D eigenvalue weighted by molar-refractivity contribution is 7.91. The van der Waals surface area contributed by atoms with Gasteiger partial charge in [-0.05, 0) is 19.8 Å². The van der Waals surface area contributed by atoms with Crippen molar-refractivity contribution in [3.05, 3.63) is 0 Å². The van der Waals surface area contributed by atoms with Gasteiger partial charge in [0.1, 0.15) is 0 Å². The third-order valence-corrected chi connectivity index (χ3v) is 4.27. The summed E-state index contributed by atoms with van der Waals surface area (Å²) in [6.45, 7) is 6.77. The Labute approximate surface area is 94.6 Å². The smallest absolute Gasteiger partial charge is 0.151 e. The zero-order valence-corrected chi connectivity index (χ0v) is 11.1. The lowest BCUT2D eigenvalue weighted by Crippen LogP contribution is -2.31. The molecule has 0 amide bonds. The quantitative estimate of drug-likeness (QED) is 0.664. The molecule has 0 aromatic heterocycles. The van der Waals surface area contributed by atoms with E-state index in [1.165, 1.54) is 12.8 Å². The van der Waals surface area contributed by atoms with Crippen LogP contribution in [0.25, 0.3) is 0 Å². The number of sulfone groups is 1. The van der Waals surface area contributed by atoms with Crippen molar-refractivity contribution in [2.75, 3.05) is 18.1 Å². The Balaban J connectivity index is 3.60. The summed E-state index contributed by atoms with van der Waals surface area (Å²) in [7, 11) is -2.81. The van der Waals surface area contributed by atoms with Gasteiger partial charge in [-0.25, -0.2) is 8.42 Å². The number of rotatable bonds is 9. The molecule has 0 aliphatic rings. The summed E-state index contributed by atoms with van der Waals surface area (Å²) in [4.78, 5) is 0. The number of nitrogens with one attached hydrogen (secondary N) is 1. The number of hydrogen-bond acceptors (Lipinski definition) is 3. The Bertz CT molecular complexity index is 237. The molecule has 92 valence electrons. The van der Waals surface area contributed by atoms with Gasteiger partial charge in [0.25, 0.3) is 0 Å². The van der Waals surface area contributed by atoms with Gasteiger partial charge in [0.15, 0.2) is 9.84 Å². The fourth-order valence-corrected chi connectivity index (χ4v) is 2.74. The molecule has 0 bridgehead atoms. The molecule has 0 aliphatic heterocycles. The van der Waals surface area contributed by atoms with Gasteiger partial charge in [-0.1, -0.05) is 26.7 Å². The Morgan fingerprint density at radius 1 is 1.13 bits per heavy atom. The van der Waals surface area contributed by atoms with E-state index in [9.17, 15) is 8.42 Å². The van der Waals surface area contributed by atoms with Gasteiger partial charge in [0, 0.05) is 18.3 Å². The predicted molar refractivity (Wildman–Crippen MR) is 65.9 cm³/mol.